The van der Waals surface area contributed by atoms with Gasteiger partial charge in [0.15, 0.2) is 0 Å². The third kappa shape index (κ3) is 3.48. The molecule has 1 aliphatic carbocycles. The summed E-state index contributed by atoms with van der Waals surface area (Å²) >= 11 is 9.32. The van der Waals surface area contributed by atoms with Gasteiger partial charge in [0.1, 0.15) is 5.82 Å². The van der Waals surface area contributed by atoms with E-state index in [1.165, 1.54) is 6.07 Å². The Bertz CT molecular complexity index is 445. The maximum absolute atomic E-state index is 13.7. The second-order valence-electron chi connectivity index (χ2n) is 4.74. The van der Waals surface area contributed by atoms with Gasteiger partial charge >= 0.3 is 0 Å². The molecule has 1 aliphatic rings. The van der Waals surface area contributed by atoms with Crippen LogP contribution in [-0.2, 0) is 11.2 Å². The molecule has 0 saturated heterocycles. The van der Waals surface area contributed by atoms with Crippen molar-refractivity contribution in [2.75, 3.05) is 11.9 Å². The molecule has 5 heteroatoms. The van der Waals surface area contributed by atoms with Crippen LogP contribution in [0.25, 0.3) is 0 Å². The standard InChI is InChI=1S/C14H16BrClFNO/c15-7-8-18(10-3-1-4-10)14(19)9-11-12(16)5-2-6-13(11)17/h2,5-6,10H,1,3-4,7-9H2. The van der Waals surface area contributed by atoms with Crippen molar-refractivity contribution in [1.82, 2.24) is 4.90 Å². The Morgan fingerprint density at radius 3 is 2.74 bits per heavy atom. The predicted octanol–water partition coefficient (Wildman–Crippen LogP) is 3.80. The molecule has 0 aromatic heterocycles. The summed E-state index contributed by atoms with van der Waals surface area (Å²) in [7, 11) is 0. The molecule has 0 aliphatic heterocycles. The molecular weight excluding hydrogens is 333 g/mol. The van der Waals surface area contributed by atoms with Crippen molar-refractivity contribution in [1.29, 1.82) is 0 Å². The zero-order valence-electron chi connectivity index (χ0n) is 10.5. The van der Waals surface area contributed by atoms with Crippen LogP contribution in [0.1, 0.15) is 24.8 Å². The van der Waals surface area contributed by atoms with Crippen molar-refractivity contribution in [3.8, 4) is 0 Å². The number of carbonyl (C=O) groups is 1. The van der Waals surface area contributed by atoms with Crippen LogP contribution in [0.5, 0.6) is 0 Å². The smallest absolute Gasteiger partial charge is 0.227 e. The fourth-order valence-corrected chi connectivity index (χ4v) is 2.87. The lowest BCUT2D eigenvalue weighted by molar-refractivity contribution is -0.134. The van der Waals surface area contributed by atoms with Gasteiger partial charge in [-0.1, -0.05) is 33.6 Å². The van der Waals surface area contributed by atoms with Crippen LogP contribution in [0.2, 0.25) is 5.02 Å². The molecule has 1 fully saturated rings. The Morgan fingerprint density at radius 2 is 2.21 bits per heavy atom. The van der Waals surface area contributed by atoms with Crippen LogP contribution < -0.4 is 0 Å². The summed E-state index contributed by atoms with van der Waals surface area (Å²) in [6.45, 7) is 0.662. The van der Waals surface area contributed by atoms with E-state index in [1.54, 1.807) is 12.1 Å². The maximum atomic E-state index is 13.7. The van der Waals surface area contributed by atoms with Crippen LogP contribution in [0.3, 0.4) is 0 Å². The number of benzene rings is 1. The summed E-state index contributed by atoms with van der Waals surface area (Å²) in [6.07, 6.45) is 3.29. The Labute approximate surface area is 126 Å². The Kier molecular flexibility index (Phi) is 5.22. The van der Waals surface area contributed by atoms with Crippen LogP contribution >= 0.6 is 27.5 Å². The average Bonchev–Trinajstić information content (AvgIpc) is 2.31. The van der Waals surface area contributed by atoms with Gasteiger partial charge in [0, 0.05) is 28.5 Å². The highest BCUT2D eigenvalue weighted by atomic mass is 79.9. The molecule has 2 rings (SSSR count). The number of alkyl halides is 1. The van der Waals surface area contributed by atoms with E-state index in [9.17, 15) is 9.18 Å². The van der Waals surface area contributed by atoms with E-state index >= 15 is 0 Å². The summed E-state index contributed by atoms with van der Waals surface area (Å²) in [5, 5.41) is 1.06. The van der Waals surface area contributed by atoms with Gasteiger partial charge in [-0.25, -0.2) is 4.39 Å². The van der Waals surface area contributed by atoms with Crippen LogP contribution in [0.15, 0.2) is 18.2 Å². The lowest BCUT2D eigenvalue weighted by atomic mass is 9.91. The van der Waals surface area contributed by atoms with Gasteiger partial charge in [-0.3, -0.25) is 4.79 Å². The van der Waals surface area contributed by atoms with E-state index in [2.05, 4.69) is 15.9 Å². The van der Waals surface area contributed by atoms with Crippen molar-refractivity contribution < 1.29 is 9.18 Å². The summed E-state index contributed by atoms with van der Waals surface area (Å²) in [5.41, 5.74) is 0.299. The third-order valence-corrected chi connectivity index (χ3v) is 4.26. The van der Waals surface area contributed by atoms with Crippen molar-refractivity contribution in [2.45, 2.75) is 31.7 Å². The van der Waals surface area contributed by atoms with Crippen LogP contribution in [0.4, 0.5) is 4.39 Å². The van der Waals surface area contributed by atoms with Gasteiger partial charge in [-0.2, -0.15) is 0 Å². The monoisotopic (exact) mass is 347 g/mol. The van der Waals surface area contributed by atoms with Gasteiger partial charge in [-0.15, -0.1) is 0 Å². The first-order valence-electron chi connectivity index (χ1n) is 6.42. The van der Waals surface area contributed by atoms with E-state index in [4.69, 9.17) is 11.6 Å². The molecule has 1 amide bonds. The molecule has 0 heterocycles. The van der Waals surface area contributed by atoms with Crippen molar-refractivity contribution >= 4 is 33.4 Å². The van der Waals surface area contributed by atoms with Gasteiger partial charge in [0.25, 0.3) is 0 Å². The van der Waals surface area contributed by atoms with Gasteiger partial charge < -0.3 is 4.90 Å². The highest BCUT2D eigenvalue weighted by Gasteiger charge is 2.28. The fourth-order valence-electron chi connectivity index (χ4n) is 2.25. The number of amides is 1. The zero-order chi connectivity index (χ0) is 13.8. The van der Waals surface area contributed by atoms with E-state index in [0.717, 1.165) is 24.6 Å². The van der Waals surface area contributed by atoms with Gasteiger partial charge in [-0.05, 0) is 31.4 Å². The molecule has 0 spiro atoms. The van der Waals surface area contributed by atoms with Crippen LogP contribution in [-0.4, -0.2) is 28.7 Å². The number of carbonyl (C=O) groups excluding carboxylic acids is 1. The first-order valence-corrected chi connectivity index (χ1v) is 7.91. The minimum Gasteiger partial charge on any atom is -0.339 e. The molecule has 1 aromatic carbocycles. The number of nitrogens with zero attached hydrogens (tertiary/aromatic N) is 1. The molecule has 2 nitrogen and oxygen atoms in total. The Balaban J connectivity index is 2.09. The molecular formula is C14H16BrClFNO. The van der Waals surface area contributed by atoms with Crippen molar-refractivity contribution in [3.63, 3.8) is 0 Å². The molecule has 1 aromatic rings. The fraction of sp³-hybridized carbons (Fsp3) is 0.500. The van der Waals surface area contributed by atoms with Crippen molar-refractivity contribution in [2.24, 2.45) is 0 Å². The Hall–Kier alpha value is -0.610. The van der Waals surface area contributed by atoms with Gasteiger partial charge in [0.05, 0.1) is 6.42 Å². The topological polar surface area (TPSA) is 20.3 Å². The summed E-state index contributed by atoms with van der Waals surface area (Å²) in [4.78, 5) is 14.2. The van der Waals surface area contributed by atoms with E-state index in [1.807, 2.05) is 4.90 Å². The second kappa shape index (κ2) is 6.71. The predicted molar refractivity (Wildman–Crippen MR) is 78.3 cm³/mol. The van der Waals surface area contributed by atoms with E-state index in [-0.39, 0.29) is 12.3 Å². The maximum Gasteiger partial charge on any atom is 0.227 e. The van der Waals surface area contributed by atoms with Gasteiger partial charge in [0.2, 0.25) is 5.91 Å². The van der Waals surface area contributed by atoms with Crippen LogP contribution in [0, 0.1) is 5.82 Å². The average molecular weight is 349 g/mol. The Morgan fingerprint density at radius 1 is 1.47 bits per heavy atom. The number of halogens is 3. The summed E-state index contributed by atoms with van der Waals surface area (Å²) in [5.74, 6) is -0.454. The van der Waals surface area contributed by atoms with E-state index < -0.39 is 5.82 Å². The lowest BCUT2D eigenvalue weighted by Gasteiger charge is -2.37. The number of rotatable bonds is 5. The second-order valence-corrected chi connectivity index (χ2v) is 5.94. The molecule has 0 atom stereocenters. The third-order valence-electron chi connectivity index (χ3n) is 3.55. The number of hydrogen-bond donors (Lipinski definition) is 0. The highest BCUT2D eigenvalue weighted by Crippen LogP contribution is 2.27. The molecule has 0 N–H and O–H groups in total. The lowest BCUT2D eigenvalue weighted by Crippen LogP contribution is -2.45. The molecule has 1 saturated carbocycles. The van der Waals surface area contributed by atoms with Crippen molar-refractivity contribution in [3.05, 3.63) is 34.6 Å². The largest absolute Gasteiger partial charge is 0.339 e. The SMILES string of the molecule is O=C(Cc1c(F)cccc1Cl)N(CCBr)C1CCC1. The minimum atomic E-state index is -0.409. The molecule has 0 unspecified atom stereocenters. The minimum absolute atomic E-state index is 0.0367. The van der Waals surface area contributed by atoms with E-state index in [0.29, 0.717) is 23.2 Å². The first-order chi connectivity index (χ1) is 9.13. The molecule has 0 bridgehead atoms. The number of hydrogen-bond acceptors (Lipinski definition) is 1. The summed E-state index contributed by atoms with van der Waals surface area (Å²) < 4.78 is 13.7. The quantitative estimate of drug-likeness (QED) is 0.741. The normalized spacial score (nSPS) is 15.1. The highest BCUT2D eigenvalue weighted by molar-refractivity contribution is 9.09. The first kappa shape index (κ1) is 14.8. The molecule has 19 heavy (non-hydrogen) atoms. The zero-order valence-corrected chi connectivity index (χ0v) is 12.9. The summed E-state index contributed by atoms with van der Waals surface area (Å²) in [6, 6.07) is 4.82. The molecule has 0 radical (unpaired) electrons. The molecule has 104 valence electrons.